The van der Waals surface area contributed by atoms with Crippen molar-refractivity contribution in [3.05, 3.63) is 35.4 Å². The van der Waals surface area contributed by atoms with Crippen LogP contribution in [-0.2, 0) is 11.2 Å². The summed E-state index contributed by atoms with van der Waals surface area (Å²) in [6, 6.07) is 9.50. The zero-order valence-corrected chi connectivity index (χ0v) is 13.8. The predicted molar refractivity (Wildman–Crippen MR) is 88.7 cm³/mol. The van der Waals surface area contributed by atoms with Crippen molar-refractivity contribution < 1.29 is 4.74 Å². The lowest BCUT2D eigenvalue weighted by atomic mass is 10.00. The Hall–Kier alpha value is -0.900. The molecule has 1 aliphatic rings. The molecule has 2 rings (SSSR count). The van der Waals surface area contributed by atoms with E-state index in [1.165, 1.54) is 17.5 Å². The van der Waals surface area contributed by atoms with Crippen LogP contribution < -0.4 is 5.32 Å². The lowest BCUT2D eigenvalue weighted by Crippen LogP contribution is -2.40. The Morgan fingerprint density at radius 1 is 1.10 bits per heavy atom. The SMILES string of the molecule is CC(C)Cc1ccc(C(C)NCCN2CCOCC2)cc1. The Labute approximate surface area is 129 Å². The molecule has 3 heteroatoms. The molecule has 1 heterocycles. The quantitative estimate of drug-likeness (QED) is 0.835. The Morgan fingerprint density at radius 2 is 1.76 bits per heavy atom. The van der Waals surface area contributed by atoms with Gasteiger partial charge in [-0.2, -0.15) is 0 Å². The zero-order chi connectivity index (χ0) is 15.1. The average Bonchev–Trinajstić information content (AvgIpc) is 2.48. The van der Waals surface area contributed by atoms with Gasteiger partial charge in [-0.1, -0.05) is 38.1 Å². The molecule has 0 aromatic heterocycles. The second kappa shape index (κ2) is 8.52. The lowest BCUT2D eigenvalue weighted by Gasteiger charge is -2.27. The summed E-state index contributed by atoms with van der Waals surface area (Å²) in [5.41, 5.74) is 2.82. The van der Waals surface area contributed by atoms with E-state index >= 15 is 0 Å². The first-order valence-electron chi connectivity index (χ1n) is 8.27. The predicted octanol–water partition coefficient (Wildman–Crippen LogP) is 2.87. The monoisotopic (exact) mass is 290 g/mol. The first-order valence-corrected chi connectivity index (χ1v) is 8.27. The van der Waals surface area contributed by atoms with Crippen LogP contribution in [0, 0.1) is 5.92 Å². The van der Waals surface area contributed by atoms with Crippen molar-refractivity contribution in [2.24, 2.45) is 5.92 Å². The van der Waals surface area contributed by atoms with Gasteiger partial charge >= 0.3 is 0 Å². The van der Waals surface area contributed by atoms with Gasteiger partial charge in [0.05, 0.1) is 13.2 Å². The summed E-state index contributed by atoms with van der Waals surface area (Å²) in [6.07, 6.45) is 1.17. The van der Waals surface area contributed by atoms with Crippen molar-refractivity contribution in [1.29, 1.82) is 0 Å². The summed E-state index contributed by atoms with van der Waals surface area (Å²) in [5, 5.41) is 3.62. The summed E-state index contributed by atoms with van der Waals surface area (Å²) in [7, 11) is 0. The Bertz CT molecular complexity index is 396. The summed E-state index contributed by atoms with van der Waals surface area (Å²) < 4.78 is 5.37. The van der Waals surface area contributed by atoms with Crippen molar-refractivity contribution in [3.63, 3.8) is 0 Å². The highest BCUT2D eigenvalue weighted by atomic mass is 16.5. The van der Waals surface area contributed by atoms with E-state index in [0.29, 0.717) is 6.04 Å². The van der Waals surface area contributed by atoms with Gasteiger partial charge in [-0.3, -0.25) is 4.90 Å². The third-order valence-corrected chi connectivity index (χ3v) is 4.11. The summed E-state index contributed by atoms with van der Waals surface area (Å²) in [5.74, 6) is 0.722. The molecule has 1 atom stereocenters. The Morgan fingerprint density at radius 3 is 2.38 bits per heavy atom. The van der Waals surface area contributed by atoms with Gasteiger partial charge in [0.1, 0.15) is 0 Å². The van der Waals surface area contributed by atoms with Crippen LogP contribution >= 0.6 is 0 Å². The third-order valence-electron chi connectivity index (χ3n) is 4.11. The fourth-order valence-electron chi connectivity index (χ4n) is 2.80. The maximum atomic E-state index is 5.37. The topological polar surface area (TPSA) is 24.5 Å². The van der Waals surface area contributed by atoms with Crippen LogP contribution in [0.4, 0.5) is 0 Å². The van der Waals surface area contributed by atoms with Gasteiger partial charge < -0.3 is 10.1 Å². The van der Waals surface area contributed by atoms with Gasteiger partial charge in [0.25, 0.3) is 0 Å². The van der Waals surface area contributed by atoms with Gasteiger partial charge in [-0.05, 0) is 30.4 Å². The van der Waals surface area contributed by atoms with Crippen LogP contribution in [0.2, 0.25) is 0 Å². The number of nitrogens with one attached hydrogen (secondary N) is 1. The van der Waals surface area contributed by atoms with E-state index < -0.39 is 0 Å². The average molecular weight is 290 g/mol. The van der Waals surface area contributed by atoms with E-state index in [1.807, 2.05) is 0 Å². The fourth-order valence-corrected chi connectivity index (χ4v) is 2.80. The molecule has 118 valence electrons. The minimum atomic E-state index is 0.416. The highest BCUT2D eigenvalue weighted by Crippen LogP contribution is 2.15. The third kappa shape index (κ3) is 5.77. The molecule has 0 spiro atoms. The van der Waals surface area contributed by atoms with Crippen LogP contribution in [0.15, 0.2) is 24.3 Å². The maximum Gasteiger partial charge on any atom is 0.0594 e. The summed E-state index contributed by atoms with van der Waals surface area (Å²) in [6.45, 7) is 12.8. The van der Waals surface area contributed by atoms with Gasteiger partial charge in [-0.25, -0.2) is 0 Å². The highest BCUT2D eigenvalue weighted by Gasteiger charge is 2.10. The van der Waals surface area contributed by atoms with E-state index in [4.69, 9.17) is 4.74 Å². The van der Waals surface area contributed by atoms with E-state index in [1.54, 1.807) is 0 Å². The maximum absolute atomic E-state index is 5.37. The van der Waals surface area contributed by atoms with Crippen molar-refractivity contribution in [2.75, 3.05) is 39.4 Å². The molecule has 21 heavy (non-hydrogen) atoms. The minimum Gasteiger partial charge on any atom is -0.379 e. The molecule has 0 bridgehead atoms. The number of rotatable bonds is 7. The first-order chi connectivity index (χ1) is 10.1. The molecule has 1 aliphatic heterocycles. The molecule has 1 fully saturated rings. The number of hydrogen-bond acceptors (Lipinski definition) is 3. The number of ether oxygens (including phenoxy) is 1. The van der Waals surface area contributed by atoms with E-state index in [-0.39, 0.29) is 0 Å². The van der Waals surface area contributed by atoms with Crippen LogP contribution in [-0.4, -0.2) is 44.3 Å². The normalized spacial score (nSPS) is 18.1. The van der Waals surface area contributed by atoms with Gasteiger partial charge in [0, 0.05) is 32.2 Å². The number of benzene rings is 1. The molecular weight excluding hydrogens is 260 g/mol. The molecule has 0 saturated carbocycles. The second-order valence-electron chi connectivity index (χ2n) is 6.47. The number of nitrogens with zero attached hydrogens (tertiary/aromatic N) is 1. The van der Waals surface area contributed by atoms with E-state index in [2.05, 4.69) is 55.3 Å². The van der Waals surface area contributed by atoms with Gasteiger partial charge in [-0.15, -0.1) is 0 Å². The molecule has 3 nitrogen and oxygen atoms in total. The smallest absolute Gasteiger partial charge is 0.0594 e. The van der Waals surface area contributed by atoms with Crippen molar-refractivity contribution in [1.82, 2.24) is 10.2 Å². The molecule has 1 saturated heterocycles. The molecule has 1 N–H and O–H groups in total. The fraction of sp³-hybridized carbons (Fsp3) is 0.667. The van der Waals surface area contributed by atoms with E-state index in [9.17, 15) is 0 Å². The summed E-state index contributed by atoms with van der Waals surface area (Å²) >= 11 is 0. The standard InChI is InChI=1S/C18H30N2O/c1-15(2)14-17-4-6-18(7-5-17)16(3)19-8-9-20-10-12-21-13-11-20/h4-7,15-16,19H,8-14H2,1-3H3. The van der Waals surface area contributed by atoms with Gasteiger partial charge in [0.2, 0.25) is 0 Å². The Kier molecular flexibility index (Phi) is 6.68. The minimum absolute atomic E-state index is 0.416. The van der Waals surface area contributed by atoms with Gasteiger partial charge in [0.15, 0.2) is 0 Å². The molecular formula is C18H30N2O. The van der Waals surface area contributed by atoms with Crippen molar-refractivity contribution in [2.45, 2.75) is 33.2 Å². The molecule has 1 unspecified atom stereocenters. The lowest BCUT2D eigenvalue weighted by molar-refractivity contribution is 0.0382. The van der Waals surface area contributed by atoms with Crippen LogP contribution in [0.25, 0.3) is 0 Å². The van der Waals surface area contributed by atoms with Crippen LogP contribution in [0.1, 0.15) is 37.9 Å². The van der Waals surface area contributed by atoms with E-state index in [0.717, 1.165) is 45.3 Å². The molecule has 0 aliphatic carbocycles. The Balaban J connectivity index is 1.73. The largest absolute Gasteiger partial charge is 0.379 e. The molecule has 0 amide bonds. The van der Waals surface area contributed by atoms with Crippen LogP contribution in [0.5, 0.6) is 0 Å². The van der Waals surface area contributed by atoms with Crippen molar-refractivity contribution >= 4 is 0 Å². The second-order valence-corrected chi connectivity index (χ2v) is 6.47. The first kappa shape index (κ1) is 16.5. The molecule has 1 aromatic rings. The van der Waals surface area contributed by atoms with Crippen LogP contribution in [0.3, 0.4) is 0 Å². The molecule has 0 radical (unpaired) electrons. The number of morpholine rings is 1. The zero-order valence-electron chi connectivity index (χ0n) is 13.8. The highest BCUT2D eigenvalue weighted by molar-refractivity contribution is 5.25. The number of hydrogen-bond donors (Lipinski definition) is 1. The van der Waals surface area contributed by atoms with Crippen molar-refractivity contribution in [3.8, 4) is 0 Å². The molecule has 1 aromatic carbocycles. The summed E-state index contributed by atoms with van der Waals surface area (Å²) in [4.78, 5) is 2.47.